The molecule has 0 atom stereocenters. The van der Waals surface area contributed by atoms with Gasteiger partial charge in [0.2, 0.25) is 0 Å². The van der Waals surface area contributed by atoms with E-state index in [1.54, 1.807) is 19.6 Å². The minimum atomic E-state index is -0.611. The first-order chi connectivity index (χ1) is 4.29. The molecule has 0 amide bonds. The summed E-state index contributed by atoms with van der Waals surface area (Å²) in [7, 11) is 1.10. The molecule has 0 aromatic heterocycles. The maximum absolute atomic E-state index is 9.56. The second kappa shape index (κ2) is 5.86. The Morgan fingerprint density at radius 2 is 1.30 bits per heavy atom. The molecular formula is C7H18O2S. The highest BCUT2D eigenvalue weighted by Gasteiger charge is 2.03. The summed E-state index contributed by atoms with van der Waals surface area (Å²) >= 11 is 0. The molecule has 64 valence electrons. The molecule has 0 N–H and O–H groups in total. The van der Waals surface area contributed by atoms with Crippen molar-refractivity contribution in [2.45, 2.75) is 26.4 Å². The summed E-state index contributed by atoms with van der Waals surface area (Å²) in [5.74, 6) is 0. The summed E-state index contributed by atoms with van der Waals surface area (Å²) in [6.07, 6.45) is 3.28. The Morgan fingerprint density at radius 3 is 1.30 bits per heavy atom. The Kier molecular flexibility index (Phi) is 7.48. The van der Waals surface area contributed by atoms with Crippen LogP contribution in [0.5, 0.6) is 0 Å². The number of hydrogen-bond donors (Lipinski definition) is 0. The molecule has 0 heterocycles. The molecule has 2 nitrogen and oxygen atoms in total. The lowest BCUT2D eigenvalue weighted by atomic mass is 10.2. The fourth-order valence-electron chi connectivity index (χ4n) is 0. The van der Waals surface area contributed by atoms with E-state index >= 15 is 0 Å². The van der Waals surface area contributed by atoms with Crippen molar-refractivity contribution in [2.24, 2.45) is 0 Å². The van der Waals surface area contributed by atoms with E-state index in [2.05, 4.69) is 0 Å². The van der Waals surface area contributed by atoms with Crippen LogP contribution in [0.1, 0.15) is 20.8 Å². The van der Waals surface area contributed by atoms with Crippen LogP contribution in [0.3, 0.4) is 0 Å². The maximum atomic E-state index is 9.56. The van der Waals surface area contributed by atoms with Crippen LogP contribution in [-0.4, -0.2) is 29.4 Å². The van der Waals surface area contributed by atoms with Gasteiger partial charge in [0.25, 0.3) is 0 Å². The highest BCUT2D eigenvalue weighted by Crippen LogP contribution is 2.02. The molecular weight excluding hydrogens is 148 g/mol. The van der Waals surface area contributed by atoms with E-state index < -0.39 is 10.8 Å². The molecule has 0 aliphatic rings. The number of ether oxygens (including phenoxy) is 1. The highest BCUT2D eigenvalue weighted by molar-refractivity contribution is 7.83. The third-order valence-corrected chi connectivity index (χ3v) is 0.612. The van der Waals surface area contributed by atoms with Gasteiger partial charge < -0.3 is 4.74 Å². The summed E-state index contributed by atoms with van der Waals surface area (Å²) in [5, 5.41) is 0. The first-order valence-corrected chi connectivity index (χ1v) is 5.06. The van der Waals surface area contributed by atoms with Gasteiger partial charge in [-0.3, -0.25) is 4.21 Å². The molecule has 0 bridgehead atoms. The molecule has 3 heteroatoms. The quantitative estimate of drug-likeness (QED) is 0.544. The van der Waals surface area contributed by atoms with Gasteiger partial charge in [-0.1, -0.05) is 0 Å². The molecule has 0 fully saturated rings. The monoisotopic (exact) mass is 166 g/mol. The predicted octanol–water partition coefficient (Wildman–Crippen LogP) is 1.43. The zero-order valence-corrected chi connectivity index (χ0v) is 8.54. The van der Waals surface area contributed by atoms with Crippen molar-refractivity contribution in [3.63, 3.8) is 0 Å². The molecule has 0 saturated carbocycles. The molecule has 0 saturated heterocycles. The van der Waals surface area contributed by atoms with E-state index in [0.29, 0.717) is 0 Å². The van der Waals surface area contributed by atoms with Gasteiger partial charge in [0.15, 0.2) is 0 Å². The van der Waals surface area contributed by atoms with Crippen molar-refractivity contribution < 1.29 is 8.95 Å². The van der Waals surface area contributed by atoms with Gasteiger partial charge in [-0.25, -0.2) is 0 Å². The summed E-state index contributed by atoms with van der Waals surface area (Å²) < 4.78 is 14.5. The predicted molar refractivity (Wildman–Crippen MR) is 46.8 cm³/mol. The van der Waals surface area contributed by atoms with Crippen LogP contribution in [-0.2, 0) is 15.5 Å². The van der Waals surface area contributed by atoms with Gasteiger partial charge in [-0.05, 0) is 20.8 Å². The van der Waals surface area contributed by atoms with Crippen molar-refractivity contribution in [1.82, 2.24) is 0 Å². The minimum absolute atomic E-state index is 0.0417. The van der Waals surface area contributed by atoms with E-state index in [4.69, 9.17) is 4.74 Å². The van der Waals surface area contributed by atoms with Crippen LogP contribution >= 0.6 is 0 Å². The molecule has 0 rings (SSSR count). The Morgan fingerprint density at radius 1 is 1.20 bits per heavy atom. The first-order valence-electron chi connectivity index (χ1n) is 3.10. The summed E-state index contributed by atoms with van der Waals surface area (Å²) in [4.78, 5) is 0. The molecule has 10 heavy (non-hydrogen) atoms. The van der Waals surface area contributed by atoms with Gasteiger partial charge in [-0.2, -0.15) is 0 Å². The van der Waals surface area contributed by atoms with Crippen molar-refractivity contribution in [3.8, 4) is 0 Å². The average molecular weight is 166 g/mol. The van der Waals surface area contributed by atoms with Crippen LogP contribution in [0.25, 0.3) is 0 Å². The van der Waals surface area contributed by atoms with Crippen LogP contribution in [0.2, 0.25) is 0 Å². The third-order valence-electron chi connectivity index (χ3n) is 0.612. The van der Waals surface area contributed by atoms with Crippen molar-refractivity contribution in [1.29, 1.82) is 0 Å². The van der Waals surface area contributed by atoms with Crippen LogP contribution in [0.15, 0.2) is 0 Å². The number of rotatable bonds is 0. The minimum Gasteiger partial charge on any atom is -0.379 e. The molecule has 0 aromatic rings. The largest absolute Gasteiger partial charge is 0.379 e. The van der Waals surface area contributed by atoms with Crippen molar-refractivity contribution in [3.05, 3.63) is 0 Å². The van der Waals surface area contributed by atoms with Gasteiger partial charge in [-0.15, -0.1) is 0 Å². The standard InChI is InChI=1S/C5H12O.C2H6OS/c1-5(2,3)6-4;1-4(2)3/h1-4H3;1-2H3. The molecule has 0 aliphatic carbocycles. The Hall–Kier alpha value is 0.110. The van der Waals surface area contributed by atoms with Crippen LogP contribution < -0.4 is 0 Å². The molecule has 0 aromatic carbocycles. The lowest BCUT2D eigenvalue weighted by molar-refractivity contribution is 0.0397. The van der Waals surface area contributed by atoms with Gasteiger partial charge in [0.05, 0.1) is 5.60 Å². The Balaban J connectivity index is 0. The number of methoxy groups -OCH3 is 1. The summed E-state index contributed by atoms with van der Waals surface area (Å²) in [6.45, 7) is 6.06. The normalized spacial score (nSPS) is 10.7. The zero-order valence-electron chi connectivity index (χ0n) is 7.72. The zero-order chi connectivity index (χ0) is 8.78. The maximum Gasteiger partial charge on any atom is 0.0594 e. The lowest BCUT2D eigenvalue weighted by Gasteiger charge is -2.14. The smallest absolute Gasteiger partial charge is 0.0594 e. The molecule has 0 spiro atoms. The van der Waals surface area contributed by atoms with Crippen LogP contribution in [0, 0.1) is 0 Å². The van der Waals surface area contributed by atoms with E-state index in [1.165, 1.54) is 0 Å². The van der Waals surface area contributed by atoms with E-state index in [0.717, 1.165) is 0 Å². The fraction of sp³-hybridized carbons (Fsp3) is 1.00. The van der Waals surface area contributed by atoms with Gasteiger partial charge in [0.1, 0.15) is 0 Å². The third kappa shape index (κ3) is 42.4. The topological polar surface area (TPSA) is 26.3 Å². The molecule has 0 unspecified atom stereocenters. The molecule has 0 aliphatic heterocycles. The average Bonchev–Trinajstić information content (AvgIpc) is 1.63. The van der Waals surface area contributed by atoms with Gasteiger partial charge in [0, 0.05) is 30.4 Å². The second-order valence-electron chi connectivity index (χ2n) is 3.06. The van der Waals surface area contributed by atoms with E-state index in [-0.39, 0.29) is 5.60 Å². The SMILES string of the molecule is COC(C)(C)C.CS(C)=O. The van der Waals surface area contributed by atoms with E-state index in [9.17, 15) is 4.21 Å². The molecule has 0 radical (unpaired) electrons. The fourth-order valence-corrected chi connectivity index (χ4v) is 0. The summed E-state index contributed by atoms with van der Waals surface area (Å²) in [5.41, 5.74) is 0.0417. The number of hydrogen-bond acceptors (Lipinski definition) is 2. The van der Waals surface area contributed by atoms with Crippen molar-refractivity contribution >= 4 is 10.8 Å². The summed E-state index contributed by atoms with van der Waals surface area (Å²) in [6, 6.07) is 0. The van der Waals surface area contributed by atoms with Crippen LogP contribution in [0.4, 0.5) is 0 Å². The second-order valence-corrected chi connectivity index (χ2v) is 4.54. The first kappa shape index (κ1) is 12.8. The lowest BCUT2D eigenvalue weighted by Crippen LogP contribution is -2.15. The van der Waals surface area contributed by atoms with Gasteiger partial charge >= 0.3 is 0 Å². The highest BCUT2D eigenvalue weighted by atomic mass is 32.2. The van der Waals surface area contributed by atoms with Crippen molar-refractivity contribution in [2.75, 3.05) is 19.6 Å². The Bertz CT molecular complexity index is 90.3. The van der Waals surface area contributed by atoms with E-state index in [1.807, 2.05) is 20.8 Å². The Labute approximate surface area is 66.4 Å².